The van der Waals surface area contributed by atoms with Crippen molar-refractivity contribution in [3.8, 4) is 0 Å². The average molecular weight is 253 g/mol. The number of carbonyl (C=O) groups excluding carboxylic acids is 1. The first-order valence-corrected chi connectivity index (χ1v) is 7.49. The van der Waals surface area contributed by atoms with Gasteiger partial charge in [0.1, 0.15) is 0 Å². The van der Waals surface area contributed by atoms with Crippen molar-refractivity contribution < 1.29 is 4.79 Å². The Bertz CT molecular complexity index is 264. The average Bonchev–Trinajstić information content (AvgIpc) is 2.40. The SMILES string of the molecule is CC1NCCCC1NC(=O)CCC1CCNCC1. The van der Waals surface area contributed by atoms with Crippen molar-refractivity contribution in [1.29, 1.82) is 0 Å². The van der Waals surface area contributed by atoms with Crippen molar-refractivity contribution in [2.24, 2.45) is 5.92 Å². The topological polar surface area (TPSA) is 53.2 Å². The summed E-state index contributed by atoms with van der Waals surface area (Å²) in [4.78, 5) is 11.9. The molecule has 4 nitrogen and oxygen atoms in total. The van der Waals surface area contributed by atoms with Gasteiger partial charge in [-0.3, -0.25) is 4.79 Å². The summed E-state index contributed by atoms with van der Waals surface area (Å²) in [6.45, 7) is 5.49. The Morgan fingerprint density at radius 1 is 1.22 bits per heavy atom. The molecular formula is C14H27N3O. The fourth-order valence-corrected chi connectivity index (χ4v) is 3.03. The molecule has 2 saturated heterocycles. The Morgan fingerprint density at radius 3 is 2.72 bits per heavy atom. The van der Waals surface area contributed by atoms with E-state index in [4.69, 9.17) is 0 Å². The van der Waals surface area contributed by atoms with E-state index in [-0.39, 0.29) is 5.91 Å². The molecule has 18 heavy (non-hydrogen) atoms. The van der Waals surface area contributed by atoms with Crippen LogP contribution in [-0.4, -0.2) is 37.6 Å². The van der Waals surface area contributed by atoms with Gasteiger partial charge in [-0.1, -0.05) is 0 Å². The van der Waals surface area contributed by atoms with E-state index < -0.39 is 0 Å². The first-order chi connectivity index (χ1) is 8.75. The Labute approximate surface area is 110 Å². The molecule has 0 aromatic heterocycles. The van der Waals surface area contributed by atoms with Gasteiger partial charge in [-0.15, -0.1) is 0 Å². The van der Waals surface area contributed by atoms with Crippen molar-refractivity contribution in [3.05, 3.63) is 0 Å². The molecule has 0 spiro atoms. The first-order valence-electron chi connectivity index (χ1n) is 7.49. The lowest BCUT2D eigenvalue weighted by Gasteiger charge is -2.31. The number of carbonyl (C=O) groups is 1. The molecule has 2 heterocycles. The molecule has 2 atom stereocenters. The van der Waals surface area contributed by atoms with Gasteiger partial charge in [-0.05, 0) is 64.6 Å². The summed E-state index contributed by atoms with van der Waals surface area (Å²) in [5.74, 6) is 0.994. The Kier molecular flexibility index (Phi) is 5.45. The smallest absolute Gasteiger partial charge is 0.220 e. The molecule has 0 aliphatic carbocycles. The number of hydrogen-bond donors (Lipinski definition) is 3. The maximum atomic E-state index is 11.9. The van der Waals surface area contributed by atoms with Crippen LogP contribution in [0.3, 0.4) is 0 Å². The van der Waals surface area contributed by atoms with E-state index in [1.807, 2.05) is 0 Å². The Balaban J connectivity index is 1.64. The van der Waals surface area contributed by atoms with Gasteiger partial charge in [-0.2, -0.15) is 0 Å². The van der Waals surface area contributed by atoms with Gasteiger partial charge in [0.15, 0.2) is 0 Å². The van der Waals surface area contributed by atoms with Crippen molar-refractivity contribution in [2.75, 3.05) is 19.6 Å². The normalized spacial score (nSPS) is 30.1. The van der Waals surface area contributed by atoms with Gasteiger partial charge in [0, 0.05) is 18.5 Å². The van der Waals surface area contributed by atoms with E-state index in [1.165, 1.54) is 19.3 Å². The summed E-state index contributed by atoms with van der Waals surface area (Å²) in [6, 6.07) is 0.751. The van der Waals surface area contributed by atoms with Gasteiger partial charge in [0.05, 0.1) is 0 Å². The Morgan fingerprint density at radius 2 is 2.00 bits per heavy atom. The molecule has 2 fully saturated rings. The molecule has 3 N–H and O–H groups in total. The summed E-state index contributed by atoms with van der Waals surface area (Å²) >= 11 is 0. The minimum atomic E-state index is 0.245. The van der Waals surface area contributed by atoms with Crippen molar-refractivity contribution in [2.45, 2.75) is 57.5 Å². The molecular weight excluding hydrogens is 226 g/mol. The zero-order chi connectivity index (χ0) is 12.8. The third-order valence-corrected chi connectivity index (χ3v) is 4.35. The predicted octanol–water partition coefficient (Wildman–Crippen LogP) is 1.02. The van der Waals surface area contributed by atoms with Crippen LogP contribution < -0.4 is 16.0 Å². The van der Waals surface area contributed by atoms with E-state index in [0.717, 1.165) is 38.4 Å². The Hall–Kier alpha value is -0.610. The molecule has 2 aliphatic rings. The van der Waals surface area contributed by atoms with Crippen LogP contribution in [0, 0.1) is 5.92 Å². The van der Waals surface area contributed by atoms with E-state index in [0.29, 0.717) is 18.5 Å². The second-order valence-electron chi connectivity index (χ2n) is 5.79. The lowest BCUT2D eigenvalue weighted by atomic mass is 9.93. The summed E-state index contributed by atoms with van der Waals surface area (Å²) < 4.78 is 0. The molecule has 2 unspecified atom stereocenters. The zero-order valence-corrected chi connectivity index (χ0v) is 11.5. The highest BCUT2D eigenvalue weighted by Gasteiger charge is 2.22. The summed E-state index contributed by atoms with van der Waals surface area (Å²) in [6.07, 6.45) is 6.51. The van der Waals surface area contributed by atoms with Gasteiger partial charge < -0.3 is 16.0 Å². The quantitative estimate of drug-likeness (QED) is 0.701. The lowest BCUT2D eigenvalue weighted by Crippen LogP contribution is -2.51. The largest absolute Gasteiger partial charge is 0.352 e. The highest BCUT2D eigenvalue weighted by Crippen LogP contribution is 2.18. The first kappa shape index (κ1) is 13.8. The number of amides is 1. The van der Waals surface area contributed by atoms with E-state index in [9.17, 15) is 4.79 Å². The molecule has 4 heteroatoms. The molecule has 104 valence electrons. The zero-order valence-electron chi connectivity index (χ0n) is 11.5. The van der Waals surface area contributed by atoms with Crippen LogP contribution in [0.4, 0.5) is 0 Å². The molecule has 0 aromatic carbocycles. The van der Waals surface area contributed by atoms with E-state index in [2.05, 4.69) is 22.9 Å². The lowest BCUT2D eigenvalue weighted by molar-refractivity contribution is -0.122. The van der Waals surface area contributed by atoms with Gasteiger partial charge in [-0.25, -0.2) is 0 Å². The molecule has 2 aliphatic heterocycles. The van der Waals surface area contributed by atoms with Crippen molar-refractivity contribution in [1.82, 2.24) is 16.0 Å². The predicted molar refractivity (Wildman–Crippen MR) is 73.5 cm³/mol. The molecule has 0 bridgehead atoms. The van der Waals surface area contributed by atoms with Crippen LogP contribution in [-0.2, 0) is 4.79 Å². The van der Waals surface area contributed by atoms with Crippen molar-refractivity contribution >= 4 is 5.91 Å². The minimum Gasteiger partial charge on any atom is -0.352 e. The number of piperidine rings is 2. The second kappa shape index (κ2) is 7.10. The highest BCUT2D eigenvalue weighted by molar-refractivity contribution is 5.76. The van der Waals surface area contributed by atoms with E-state index >= 15 is 0 Å². The van der Waals surface area contributed by atoms with Gasteiger partial charge in [0.2, 0.25) is 5.91 Å². The third-order valence-electron chi connectivity index (χ3n) is 4.35. The second-order valence-corrected chi connectivity index (χ2v) is 5.79. The van der Waals surface area contributed by atoms with Crippen LogP contribution in [0.25, 0.3) is 0 Å². The van der Waals surface area contributed by atoms with Crippen LogP contribution >= 0.6 is 0 Å². The molecule has 2 rings (SSSR count). The molecule has 0 saturated carbocycles. The minimum absolute atomic E-state index is 0.245. The maximum absolute atomic E-state index is 11.9. The van der Waals surface area contributed by atoms with Crippen LogP contribution in [0.2, 0.25) is 0 Å². The monoisotopic (exact) mass is 253 g/mol. The van der Waals surface area contributed by atoms with Crippen LogP contribution in [0.15, 0.2) is 0 Å². The summed E-state index contributed by atoms with van der Waals surface area (Å²) in [5, 5.41) is 9.98. The standard InChI is InChI=1S/C14H27N3O/c1-11-13(3-2-8-16-11)17-14(18)5-4-12-6-9-15-10-7-12/h11-13,15-16H,2-10H2,1H3,(H,17,18). The van der Waals surface area contributed by atoms with Gasteiger partial charge >= 0.3 is 0 Å². The number of nitrogens with one attached hydrogen (secondary N) is 3. The van der Waals surface area contributed by atoms with Crippen molar-refractivity contribution in [3.63, 3.8) is 0 Å². The molecule has 1 amide bonds. The van der Waals surface area contributed by atoms with Gasteiger partial charge in [0.25, 0.3) is 0 Å². The van der Waals surface area contributed by atoms with Crippen LogP contribution in [0.1, 0.15) is 45.4 Å². The van der Waals surface area contributed by atoms with Crippen LogP contribution in [0.5, 0.6) is 0 Å². The maximum Gasteiger partial charge on any atom is 0.220 e. The fraction of sp³-hybridized carbons (Fsp3) is 0.929. The fourth-order valence-electron chi connectivity index (χ4n) is 3.03. The summed E-state index contributed by atoms with van der Waals surface area (Å²) in [5.41, 5.74) is 0. The highest BCUT2D eigenvalue weighted by atomic mass is 16.1. The summed E-state index contributed by atoms with van der Waals surface area (Å²) in [7, 11) is 0. The number of rotatable bonds is 4. The number of hydrogen-bond acceptors (Lipinski definition) is 3. The third kappa shape index (κ3) is 4.25. The molecule has 0 aromatic rings. The molecule has 0 radical (unpaired) electrons. The van der Waals surface area contributed by atoms with E-state index in [1.54, 1.807) is 0 Å².